The van der Waals surface area contributed by atoms with Gasteiger partial charge in [-0.1, -0.05) is 188 Å². The minimum Gasteiger partial charge on any atom is -0.298 e. The average molecular weight is 536 g/mol. The number of rotatable bonds is 32. The van der Waals surface area contributed by atoms with Crippen molar-refractivity contribution in [2.24, 2.45) is 0 Å². The van der Waals surface area contributed by atoms with Gasteiger partial charge in [0, 0.05) is 5.54 Å². The van der Waals surface area contributed by atoms with E-state index in [2.05, 4.69) is 39.5 Å². The van der Waals surface area contributed by atoms with Crippen molar-refractivity contribution < 1.29 is 0 Å². The van der Waals surface area contributed by atoms with Crippen molar-refractivity contribution in [1.82, 2.24) is 4.90 Å². The van der Waals surface area contributed by atoms with Crippen LogP contribution in [0, 0.1) is 0 Å². The molecule has 0 atom stereocenters. The van der Waals surface area contributed by atoms with Crippen molar-refractivity contribution in [1.29, 1.82) is 0 Å². The molecule has 0 saturated heterocycles. The molecule has 0 heterocycles. The number of hydrogen-bond acceptors (Lipinski definition) is 1. The van der Waals surface area contributed by atoms with Crippen LogP contribution < -0.4 is 0 Å². The zero-order chi connectivity index (χ0) is 28.0. The molecule has 0 bridgehead atoms. The van der Waals surface area contributed by atoms with Crippen LogP contribution in [0.5, 0.6) is 0 Å². The van der Waals surface area contributed by atoms with Gasteiger partial charge in [0.25, 0.3) is 0 Å². The summed E-state index contributed by atoms with van der Waals surface area (Å²) >= 11 is 0. The van der Waals surface area contributed by atoms with Gasteiger partial charge in [-0.2, -0.15) is 0 Å². The molecule has 0 rings (SSSR count). The molecule has 0 fully saturated rings. The summed E-state index contributed by atoms with van der Waals surface area (Å²) in [6, 6.07) is 0. The highest BCUT2D eigenvalue weighted by Crippen LogP contribution is 2.25. The van der Waals surface area contributed by atoms with Gasteiger partial charge >= 0.3 is 0 Å². The van der Waals surface area contributed by atoms with Crippen LogP contribution in [0.3, 0.4) is 0 Å². The molecule has 0 aromatic carbocycles. The molecule has 0 radical (unpaired) electrons. The molecule has 0 saturated carbocycles. The number of nitrogens with zero attached hydrogens (tertiary/aromatic N) is 1. The molecule has 1 nitrogen and oxygen atoms in total. The molecule has 38 heavy (non-hydrogen) atoms. The van der Waals surface area contributed by atoms with E-state index < -0.39 is 0 Å². The van der Waals surface area contributed by atoms with E-state index >= 15 is 0 Å². The zero-order valence-electron chi connectivity index (χ0n) is 27.9. The SMILES string of the molecule is CCCCCCCCCCCCC(C)(C)N(CCCCCCCCCCC)CCCCCCCCCCC. The fourth-order valence-electron chi connectivity index (χ4n) is 6.15. The van der Waals surface area contributed by atoms with Gasteiger partial charge in [0.05, 0.1) is 0 Å². The Hall–Kier alpha value is -0.0400. The minimum atomic E-state index is 0.375. The van der Waals surface area contributed by atoms with Gasteiger partial charge in [-0.15, -0.1) is 0 Å². The normalized spacial score (nSPS) is 12.2. The number of hydrogen-bond donors (Lipinski definition) is 0. The van der Waals surface area contributed by atoms with Gasteiger partial charge in [0.2, 0.25) is 0 Å². The second-order valence-corrected chi connectivity index (χ2v) is 13.4. The monoisotopic (exact) mass is 536 g/mol. The first-order valence-corrected chi connectivity index (χ1v) is 18.3. The van der Waals surface area contributed by atoms with Gasteiger partial charge < -0.3 is 0 Å². The van der Waals surface area contributed by atoms with E-state index in [0.29, 0.717) is 5.54 Å². The van der Waals surface area contributed by atoms with E-state index in [1.165, 1.54) is 199 Å². The lowest BCUT2D eigenvalue weighted by Crippen LogP contribution is -2.45. The molecule has 0 spiro atoms. The molecule has 0 aliphatic carbocycles. The van der Waals surface area contributed by atoms with E-state index in [9.17, 15) is 0 Å². The lowest BCUT2D eigenvalue weighted by Gasteiger charge is -2.39. The molecule has 0 aromatic rings. The van der Waals surface area contributed by atoms with Gasteiger partial charge in [0.1, 0.15) is 0 Å². The Morgan fingerprint density at radius 1 is 0.316 bits per heavy atom. The maximum absolute atomic E-state index is 2.91. The Morgan fingerprint density at radius 2 is 0.553 bits per heavy atom. The largest absolute Gasteiger partial charge is 0.298 e. The summed E-state index contributed by atoms with van der Waals surface area (Å²) in [5, 5.41) is 0. The highest BCUT2D eigenvalue weighted by Gasteiger charge is 2.25. The smallest absolute Gasteiger partial charge is 0.0153 e. The lowest BCUT2D eigenvalue weighted by atomic mass is 9.92. The highest BCUT2D eigenvalue weighted by atomic mass is 15.2. The van der Waals surface area contributed by atoms with E-state index in [4.69, 9.17) is 0 Å². The first kappa shape index (κ1) is 38.0. The standard InChI is InChI=1S/C37H77N/c1-6-9-12-15-18-21-22-25-28-31-34-37(4,5)38(35-32-29-26-23-19-16-13-10-7-2)36-33-30-27-24-20-17-14-11-8-3/h6-36H2,1-5H3. The molecule has 0 aliphatic rings. The first-order chi connectivity index (χ1) is 18.6. The second-order valence-electron chi connectivity index (χ2n) is 13.4. The Balaban J connectivity index is 4.22. The summed E-state index contributed by atoms with van der Waals surface area (Å²) in [7, 11) is 0. The molecule has 0 unspecified atom stereocenters. The van der Waals surface area contributed by atoms with Crippen LogP contribution in [-0.4, -0.2) is 23.5 Å². The van der Waals surface area contributed by atoms with Crippen LogP contribution in [0.2, 0.25) is 0 Å². The van der Waals surface area contributed by atoms with E-state index in [-0.39, 0.29) is 0 Å². The van der Waals surface area contributed by atoms with Gasteiger partial charge in [-0.05, 0) is 46.2 Å². The van der Waals surface area contributed by atoms with Crippen molar-refractivity contribution in [3.8, 4) is 0 Å². The summed E-state index contributed by atoms with van der Waals surface area (Å²) in [5.74, 6) is 0. The Bertz CT molecular complexity index is 406. The second kappa shape index (κ2) is 29.9. The lowest BCUT2D eigenvalue weighted by molar-refractivity contribution is 0.102. The van der Waals surface area contributed by atoms with Crippen LogP contribution >= 0.6 is 0 Å². The summed E-state index contributed by atoms with van der Waals surface area (Å²) in [4.78, 5) is 2.91. The summed E-state index contributed by atoms with van der Waals surface area (Å²) in [6.07, 6.45) is 41.7. The first-order valence-electron chi connectivity index (χ1n) is 18.3. The summed E-state index contributed by atoms with van der Waals surface area (Å²) in [5.41, 5.74) is 0.375. The summed E-state index contributed by atoms with van der Waals surface area (Å²) in [6.45, 7) is 14.7. The Labute approximate surface area is 244 Å². The topological polar surface area (TPSA) is 3.24 Å². The fraction of sp³-hybridized carbons (Fsp3) is 1.00. The van der Waals surface area contributed by atoms with Crippen LogP contribution in [0.15, 0.2) is 0 Å². The zero-order valence-corrected chi connectivity index (χ0v) is 27.9. The third-order valence-corrected chi connectivity index (χ3v) is 9.06. The van der Waals surface area contributed by atoms with Crippen LogP contribution in [0.25, 0.3) is 0 Å². The molecule has 0 aliphatic heterocycles. The average Bonchev–Trinajstić information content (AvgIpc) is 2.91. The molecular formula is C37H77N. The van der Waals surface area contributed by atoms with E-state index in [1.54, 1.807) is 0 Å². The molecular weight excluding hydrogens is 458 g/mol. The maximum Gasteiger partial charge on any atom is 0.0153 e. The predicted octanol–water partition coefficient (Wildman–Crippen LogP) is 13.4. The van der Waals surface area contributed by atoms with Crippen LogP contribution in [0.4, 0.5) is 0 Å². The summed E-state index contributed by atoms with van der Waals surface area (Å²) < 4.78 is 0. The molecule has 1 heteroatoms. The Morgan fingerprint density at radius 3 is 0.842 bits per heavy atom. The van der Waals surface area contributed by atoms with E-state index in [1.807, 2.05) is 0 Å². The predicted molar refractivity (Wildman–Crippen MR) is 177 cm³/mol. The van der Waals surface area contributed by atoms with Gasteiger partial charge in [0.15, 0.2) is 0 Å². The van der Waals surface area contributed by atoms with Crippen molar-refractivity contribution in [2.45, 2.75) is 226 Å². The van der Waals surface area contributed by atoms with Gasteiger partial charge in [-0.3, -0.25) is 4.90 Å². The van der Waals surface area contributed by atoms with Crippen molar-refractivity contribution in [2.75, 3.05) is 13.1 Å². The third kappa shape index (κ3) is 26.2. The quantitative estimate of drug-likeness (QED) is 0.0774. The molecule has 230 valence electrons. The van der Waals surface area contributed by atoms with Crippen LogP contribution in [-0.2, 0) is 0 Å². The van der Waals surface area contributed by atoms with Crippen molar-refractivity contribution in [3.05, 3.63) is 0 Å². The van der Waals surface area contributed by atoms with Crippen molar-refractivity contribution >= 4 is 0 Å². The molecule has 0 N–H and O–H groups in total. The Kier molecular flexibility index (Phi) is 29.9. The number of unbranched alkanes of at least 4 members (excludes halogenated alkanes) is 25. The fourth-order valence-corrected chi connectivity index (χ4v) is 6.15. The van der Waals surface area contributed by atoms with E-state index in [0.717, 1.165) is 0 Å². The van der Waals surface area contributed by atoms with Gasteiger partial charge in [-0.25, -0.2) is 0 Å². The molecule has 0 aromatic heterocycles. The minimum absolute atomic E-state index is 0.375. The van der Waals surface area contributed by atoms with Crippen LogP contribution in [0.1, 0.15) is 221 Å². The highest BCUT2D eigenvalue weighted by molar-refractivity contribution is 4.81. The third-order valence-electron chi connectivity index (χ3n) is 9.06. The van der Waals surface area contributed by atoms with Crippen molar-refractivity contribution in [3.63, 3.8) is 0 Å². The maximum atomic E-state index is 2.91. The molecule has 0 amide bonds.